The molecule has 4 bridgehead atoms. The van der Waals surface area contributed by atoms with E-state index < -0.39 is 0 Å². The third-order valence-electron chi connectivity index (χ3n) is 8.05. The minimum atomic E-state index is 0.266. The van der Waals surface area contributed by atoms with Gasteiger partial charge in [-0.2, -0.15) is 0 Å². The molecular weight excluding hydrogens is 533 g/mol. The van der Waals surface area contributed by atoms with Crippen LogP contribution in [0.4, 0.5) is 0 Å². The lowest BCUT2D eigenvalue weighted by Crippen LogP contribution is -2.63. The van der Waals surface area contributed by atoms with Gasteiger partial charge >= 0.3 is 0 Å². The minimum Gasteiger partial charge on any atom is -0.490 e. The molecular formula is C28H34BrCl2NO2. The molecule has 0 saturated heterocycles. The summed E-state index contributed by atoms with van der Waals surface area (Å²) in [5.41, 5.74) is 3.35. The van der Waals surface area contributed by atoms with Gasteiger partial charge in [0, 0.05) is 27.7 Å². The zero-order valence-electron chi connectivity index (χ0n) is 20.3. The van der Waals surface area contributed by atoms with Crippen LogP contribution < -0.4 is 14.8 Å². The van der Waals surface area contributed by atoms with E-state index in [-0.39, 0.29) is 5.54 Å². The van der Waals surface area contributed by atoms with E-state index in [0.717, 1.165) is 28.2 Å². The Labute approximate surface area is 222 Å². The number of ether oxygens (including phenoxy) is 2. The van der Waals surface area contributed by atoms with Crippen molar-refractivity contribution in [1.29, 1.82) is 0 Å². The molecule has 6 heteroatoms. The highest BCUT2D eigenvalue weighted by Crippen LogP contribution is 2.66. The molecule has 184 valence electrons. The molecule has 1 N–H and O–H groups in total. The Morgan fingerprint density at radius 1 is 1.00 bits per heavy atom. The van der Waals surface area contributed by atoms with Crippen LogP contribution in [0.5, 0.6) is 11.5 Å². The molecule has 34 heavy (non-hydrogen) atoms. The number of nitrogens with one attached hydrogen (secondary N) is 1. The van der Waals surface area contributed by atoms with Gasteiger partial charge in [-0.3, -0.25) is 0 Å². The maximum absolute atomic E-state index is 6.34. The van der Waals surface area contributed by atoms with Crippen molar-refractivity contribution in [3.05, 3.63) is 56.0 Å². The Morgan fingerprint density at radius 3 is 2.38 bits per heavy atom. The van der Waals surface area contributed by atoms with Crippen LogP contribution in [-0.2, 0) is 13.2 Å². The molecule has 4 aliphatic rings. The first-order chi connectivity index (χ1) is 16.1. The van der Waals surface area contributed by atoms with Crippen molar-refractivity contribution < 1.29 is 9.47 Å². The van der Waals surface area contributed by atoms with E-state index in [0.29, 0.717) is 39.8 Å². The summed E-state index contributed by atoms with van der Waals surface area (Å²) < 4.78 is 13.0. The predicted molar refractivity (Wildman–Crippen MR) is 143 cm³/mol. The minimum absolute atomic E-state index is 0.266. The Kier molecular flexibility index (Phi) is 6.68. The van der Waals surface area contributed by atoms with Crippen LogP contribution in [0.15, 0.2) is 34.8 Å². The van der Waals surface area contributed by atoms with Crippen molar-refractivity contribution in [3.63, 3.8) is 0 Å². The van der Waals surface area contributed by atoms with Crippen molar-refractivity contribution in [2.75, 3.05) is 6.61 Å². The Bertz CT molecular complexity index is 1070. The van der Waals surface area contributed by atoms with Gasteiger partial charge in [0.1, 0.15) is 6.61 Å². The van der Waals surface area contributed by atoms with E-state index in [9.17, 15) is 0 Å². The molecule has 3 nitrogen and oxygen atoms in total. The fourth-order valence-corrected chi connectivity index (χ4v) is 8.92. The van der Waals surface area contributed by atoms with E-state index in [1.807, 2.05) is 19.1 Å². The fourth-order valence-electron chi connectivity index (χ4n) is 7.85. The van der Waals surface area contributed by atoms with E-state index in [1.54, 1.807) is 6.07 Å². The maximum atomic E-state index is 6.34. The standard InChI is InChI=1S/C28H34BrCl2NO2/c1-4-33-24-8-18(7-22(29)25(24)34-14-20-5-6-21(30)9-23(20)31)13-32-28-12-19-10-26(2,16-28)15-27(3,11-19)17-28/h5-9,19,32H,4,10-17H2,1-3H3/t19?,26-,27+,28?. The Balaban J connectivity index is 1.32. The molecule has 0 aromatic heterocycles. The topological polar surface area (TPSA) is 30.5 Å². The number of hydrogen-bond acceptors (Lipinski definition) is 3. The SMILES string of the molecule is CCOc1cc(CNC23CC4C[C@@](C)(C2)C[C@](C)(C4)C3)cc(Br)c1OCc1ccc(Cl)cc1Cl. The molecule has 2 aromatic carbocycles. The summed E-state index contributed by atoms with van der Waals surface area (Å²) in [7, 11) is 0. The molecule has 2 unspecified atom stereocenters. The summed E-state index contributed by atoms with van der Waals surface area (Å²) in [6, 6.07) is 9.72. The van der Waals surface area contributed by atoms with Crippen LogP contribution in [-0.4, -0.2) is 12.1 Å². The summed E-state index contributed by atoms with van der Waals surface area (Å²) in [5, 5.41) is 5.25. The first kappa shape index (κ1) is 24.7. The van der Waals surface area contributed by atoms with Crippen LogP contribution in [0.1, 0.15) is 70.4 Å². The van der Waals surface area contributed by atoms with Gasteiger partial charge in [-0.25, -0.2) is 0 Å². The second-order valence-corrected chi connectivity index (χ2v) is 13.3. The van der Waals surface area contributed by atoms with Gasteiger partial charge in [0.25, 0.3) is 0 Å². The van der Waals surface area contributed by atoms with Gasteiger partial charge in [-0.1, -0.05) is 43.1 Å². The molecule has 2 aromatic rings. The lowest BCUT2D eigenvalue weighted by atomic mass is 9.43. The monoisotopic (exact) mass is 565 g/mol. The lowest BCUT2D eigenvalue weighted by Gasteiger charge is -2.65. The van der Waals surface area contributed by atoms with Gasteiger partial charge < -0.3 is 14.8 Å². The number of rotatable bonds is 8. The largest absolute Gasteiger partial charge is 0.490 e. The summed E-state index contributed by atoms with van der Waals surface area (Å²) in [6.07, 6.45) is 8.14. The highest BCUT2D eigenvalue weighted by atomic mass is 79.9. The van der Waals surface area contributed by atoms with Crippen LogP contribution in [0.25, 0.3) is 0 Å². The molecule has 4 aliphatic carbocycles. The number of benzene rings is 2. The maximum Gasteiger partial charge on any atom is 0.175 e. The zero-order valence-corrected chi connectivity index (χ0v) is 23.4. The Morgan fingerprint density at radius 2 is 1.74 bits per heavy atom. The first-order valence-electron chi connectivity index (χ1n) is 12.4. The molecule has 6 rings (SSSR count). The van der Waals surface area contributed by atoms with Crippen LogP contribution in [0.3, 0.4) is 0 Å². The number of hydrogen-bond donors (Lipinski definition) is 1. The average Bonchev–Trinajstić information content (AvgIpc) is 2.70. The third kappa shape index (κ3) is 4.98. The summed E-state index contributed by atoms with van der Waals surface area (Å²) in [6.45, 7) is 8.79. The molecule has 0 heterocycles. The molecule has 0 spiro atoms. The van der Waals surface area contributed by atoms with Crippen LogP contribution in [0.2, 0.25) is 10.0 Å². The highest BCUT2D eigenvalue weighted by Gasteiger charge is 2.59. The molecule has 4 saturated carbocycles. The first-order valence-corrected chi connectivity index (χ1v) is 13.9. The molecule has 0 aliphatic heterocycles. The van der Waals surface area contributed by atoms with Crippen LogP contribution in [0, 0.1) is 16.7 Å². The number of halogens is 3. The van der Waals surface area contributed by atoms with Crippen molar-refractivity contribution in [2.45, 2.75) is 78.0 Å². The second-order valence-electron chi connectivity index (χ2n) is 11.6. The van der Waals surface area contributed by atoms with Gasteiger partial charge in [0.05, 0.1) is 11.1 Å². The molecule has 0 radical (unpaired) electrons. The van der Waals surface area contributed by atoms with Crippen molar-refractivity contribution in [3.8, 4) is 11.5 Å². The van der Waals surface area contributed by atoms with Gasteiger partial charge in [0.2, 0.25) is 0 Å². The van der Waals surface area contributed by atoms with Gasteiger partial charge in [0.15, 0.2) is 11.5 Å². The summed E-state index contributed by atoms with van der Waals surface area (Å²) in [4.78, 5) is 0. The lowest BCUT2D eigenvalue weighted by molar-refractivity contribution is -0.118. The Hall–Kier alpha value is -0.940. The van der Waals surface area contributed by atoms with Crippen molar-refractivity contribution in [2.24, 2.45) is 16.7 Å². The molecule has 4 atom stereocenters. The molecule has 0 amide bonds. The summed E-state index contributed by atoms with van der Waals surface area (Å²) in [5.74, 6) is 2.33. The molecule has 4 fully saturated rings. The third-order valence-corrected chi connectivity index (χ3v) is 9.23. The predicted octanol–water partition coefficient (Wildman–Crippen LogP) is 8.57. The van der Waals surface area contributed by atoms with Crippen molar-refractivity contribution in [1.82, 2.24) is 5.32 Å². The van der Waals surface area contributed by atoms with Gasteiger partial charge in [-0.05, 0) is 108 Å². The smallest absolute Gasteiger partial charge is 0.175 e. The second kappa shape index (κ2) is 9.18. The van der Waals surface area contributed by atoms with E-state index in [4.69, 9.17) is 32.7 Å². The average molecular weight is 567 g/mol. The summed E-state index contributed by atoms with van der Waals surface area (Å²) >= 11 is 16.1. The van der Waals surface area contributed by atoms with E-state index >= 15 is 0 Å². The van der Waals surface area contributed by atoms with Crippen molar-refractivity contribution >= 4 is 39.1 Å². The van der Waals surface area contributed by atoms with E-state index in [1.165, 1.54) is 44.1 Å². The van der Waals surface area contributed by atoms with E-state index in [2.05, 4.69) is 47.2 Å². The zero-order chi connectivity index (χ0) is 24.1. The highest BCUT2D eigenvalue weighted by molar-refractivity contribution is 9.10. The van der Waals surface area contributed by atoms with Crippen LogP contribution >= 0.6 is 39.1 Å². The normalized spacial score (nSPS) is 31.6. The van der Waals surface area contributed by atoms with Gasteiger partial charge in [-0.15, -0.1) is 0 Å². The quantitative estimate of drug-likeness (QED) is 0.347. The fraction of sp³-hybridized carbons (Fsp3) is 0.571.